The monoisotopic (exact) mass is 386 g/mol. The molecule has 0 bridgehead atoms. The predicted octanol–water partition coefficient (Wildman–Crippen LogP) is 5.03. The molecule has 0 aliphatic heterocycles. The van der Waals surface area contributed by atoms with Crippen LogP contribution in [-0.2, 0) is 4.79 Å². The van der Waals surface area contributed by atoms with Gasteiger partial charge >= 0.3 is 0 Å². The normalized spacial score (nSPS) is 12.5. The molecule has 0 fully saturated rings. The highest BCUT2D eigenvalue weighted by molar-refractivity contribution is 8.00. The molecule has 3 rings (SSSR count). The van der Waals surface area contributed by atoms with E-state index in [2.05, 4.69) is 42.4 Å². The number of thioether (sulfide) groups is 1. The molecule has 26 heavy (non-hydrogen) atoms. The van der Waals surface area contributed by atoms with Gasteiger partial charge < -0.3 is 0 Å². The van der Waals surface area contributed by atoms with Gasteiger partial charge in [0.25, 0.3) is 0 Å². The lowest BCUT2D eigenvalue weighted by Crippen LogP contribution is -2.24. The van der Waals surface area contributed by atoms with Crippen molar-refractivity contribution in [1.29, 1.82) is 0 Å². The molecule has 0 saturated carbocycles. The number of nitrogens with zero attached hydrogens (tertiary/aromatic N) is 3. The van der Waals surface area contributed by atoms with Crippen LogP contribution in [0.1, 0.15) is 43.7 Å². The number of para-hydroxylation sites is 1. The van der Waals surface area contributed by atoms with E-state index in [1.807, 2.05) is 31.2 Å². The maximum absolute atomic E-state index is 12.7. The fraction of sp³-hybridized carbons (Fsp3) is 0.368. The molecule has 0 aliphatic carbocycles. The van der Waals surface area contributed by atoms with Crippen molar-refractivity contribution in [2.75, 3.05) is 5.32 Å². The van der Waals surface area contributed by atoms with Crippen LogP contribution in [0.2, 0.25) is 0 Å². The summed E-state index contributed by atoms with van der Waals surface area (Å²) in [5, 5.41) is 14.3. The van der Waals surface area contributed by atoms with Crippen LogP contribution >= 0.6 is 23.1 Å². The zero-order valence-corrected chi connectivity index (χ0v) is 16.9. The molecule has 2 heterocycles. The number of pyridine rings is 1. The highest BCUT2D eigenvalue weighted by Gasteiger charge is 2.21. The lowest BCUT2D eigenvalue weighted by Gasteiger charge is -2.14. The van der Waals surface area contributed by atoms with E-state index in [0.29, 0.717) is 17.5 Å². The topological polar surface area (TPSA) is 67.8 Å². The van der Waals surface area contributed by atoms with E-state index >= 15 is 0 Å². The highest BCUT2D eigenvalue weighted by Crippen LogP contribution is 2.29. The van der Waals surface area contributed by atoms with E-state index in [9.17, 15) is 4.79 Å². The summed E-state index contributed by atoms with van der Waals surface area (Å²) in [5.41, 5.74) is 2.12. The van der Waals surface area contributed by atoms with Gasteiger partial charge in [-0.05, 0) is 31.0 Å². The van der Waals surface area contributed by atoms with Crippen molar-refractivity contribution in [1.82, 2.24) is 15.2 Å². The summed E-state index contributed by atoms with van der Waals surface area (Å²) in [6.45, 7) is 8.20. The summed E-state index contributed by atoms with van der Waals surface area (Å²) in [4.78, 5) is 17.4. The predicted molar refractivity (Wildman–Crippen MR) is 109 cm³/mol. The lowest BCUT2D eigenvalue weighted by molar-refractivity contribution is -0.115. The molecule has 0 spiro atoms. The molecule has 7 heteroatoms. The number of rotatable bonds is 6. The Labute approximate surface area is 161 Å². The van der Waals surface area contributed by atoms with Crippen molar-refractivity contribution in [3.8, 4) is 0 Å². The molecule has 5 nitrogen and oxygen atoms in total. The maximum Gasteiger partial charge on any atom is 0.239 e. The van der Waals surface area contributed by atoms with Crippen LogP contribution in [0.25, 0.3) is 10.9 Å². The van der Waals surface area contributed by atoms with Crippen LogP contribution in [0.5, 0.6) is 0 Å². The first kappa shape index (κ1) is 18.8. The Kier molecular flexibility index (Phi) is 5.88. The Morgan fingerprint density at radius 2 is 2.04 bits per heavy atom. The van der Waals surface area contributed by atoms with Crippen molar-refractivity contribution in [2.45, 2.75) is 50.3 Å². The third-order valence-corrected chi connectivity index (χ3v) is 6.41. The highest BCUT2D eigenvalue weighted by atomic mass is 32.2. The molecule has 0 aliphatic rings. The van der Waals surface area contributed by atoms with Crippen LogP contribution in [0, 0.1) is 6.92 Å². The van der Waals surface area contributed by atoms with Crippen LogP contribution in [-0.4, -0.2) is 26.3 Å². The van der Waals surface area contributed by atoms with E-state index in [1.165, 1.54) is 28.7 Å². The van der Waals surface area contributed by atoms with Crippen molar-refractivity contribution in [2.24, 2.45) is 0 Å². The van der Waals surface area contributed by atoms with Gasteiger partial charge in [0.15, 0.2) is 0 Å². The maximum atomic E-state index is 12.7. The number of carbonyl (C=O) groups is 1. The summed E-state index contributed by atoms with van der Waals surface area (Å²) in [7, 11) is 0. The number of aromatic nitrogens is 3. The van der Waals surface area contributed by atoms with Crippen molar-refractivity contribution in [3.05, 3.63) is 40.9 Å². The van der Waals surface area contributed by atoms with Crippen molar-refractivity contribution >= 4 is 45.0 Å². The van der Waals surface area contributed by atoms with Crippen LogP contribution in [0.3, 0.4) is 0 Å². The van der Waals surface area contributed by atoms with Crippen LogP contribution in [0.4, 0.5) is 5.13 Å². The molecule has 136 valence electrons. The van der Waals surface area contributed by atoms with Gasteiger partial charge in [-0.15, -0.1) is 10.2 Å². The number of aryl methyl sites for hydroxylation is 1. The van der Waals surface area contributed by atoms with Gasteiger partial charge in [-0.3, -0.25) is 10.1 Å². The Hall–Kier alpha value is -1.99. The third-order valence-electron chi connectivity index (χ3n) is 3.99. The second kappa shape index (κ2) is 8.14. The van der Waals surface area contributed by atoms with Gasteiger partial charge in [-0.25, -0.2) is 4.98 Å². The summed E-state index contributed by atoms with van der Waals surface area (Å²) < 4.78 is 0. The number of benzene rings is 1. The van der Waals surface area contributed by atoms with E-state index in [1.54, 1.807) is 0 Å². The van der Waals surface area contributed by atoms with E-state index in [0.717, 1.165) is 20.9 Å². The SMILES string of the molecule is CCC(Sc1cc(C)c2ccccc2n1)C(=O)Nc1nnc(C(C)C)s1. The molecular formula is C19H22N4OS2. The first-order valence-electron chi connectivity index (χ1n) is 8.65. The second-order valence-electron chi connectivity index (χ2n) is 6.40. The van der Waals surface area contributed by atoms with Crippen molar-refractivity contribution in [3.63, 3.8) is 0 Å². The number of fused-ring (bicyclic) bond motifs is 1. The van der Waals surface area contributed by atoms with Crippen LogP contribution in [0.15, 0.2) is 35.4 Å². The fourth-order valence-corrected chi connectivity index (χ4v) is 4.32. The van der Waals surface area contributed by atoms with E-state index in [-0.39, 0.29) is 11.2 Å². The molecule has 0 saturated heterocycles. The minimum absolute atomic E-state index is 0.0587. The number of carbonyl (C=O) groups excluding carboxylic acids is 1. The molecule has 1 unspecified atom stereocenters. The lowest BCUT2D eigenvalue weighted by atomic mass is 10.1. The zero-order valence-electron chi connectivity index (χ0n) is 15.3. The number of nitrogens with one attached hydrogen (secondary N) is 1. The van der Waals surface area contributed by atoms with Gasteiger partial charge in [0.2, 0.25) is 11.0 Å². The van der Waals surface area contributed by atoms with Crippen molar-refractivity contribution < 1.29 is 4.79 Å². The molecule has 1 amide bonds. The molecule has 0 radical (unpaired) electrons. The number of hydrogen-bond donors (Lipinski definition) is 1. The molecule has 1 atom stereocenters. The largest absolute Gasteiger partial charge is 0.300 e. The first-order chi connectivity index (χ1) is 12.5. The zero-order chi connectivity index (χ0) is 18.7. The number of hydrogen-bond acceptors (Lipinski definition) is 6. The molecule has 2 aromatic heterocycles. The Morgan fingerprint density at radius 1 is 1.27 bits per heavy atom. The molecule has 1 aromatic carbocycles. The quantitative estimate of drug-likeness (QED) is 0.602. The second-order valence-corrected chi connectivity index (χ2v) is 8.63. The van der Waals surface area contributed by atoms with E-state index < -0.39 is 0 Å². The van der Waals surface area contributed by atoms with E-state index in [4.69, 9.17) is 4.98 Å². The minimum Gasteiger partial charge on any atom is -0.300 e. The summed E-state index contributed by atoms with van der Waals surface area (Å²) >= 11 is 2.92. The summed E-state index contributed by atoms with van der Waals surface area (Å²) in [6.07, 6.45) is 0.708. The van der Waals surface area contributed by atoms with Crippen LogP contribution < -0.4 is 5.32 Å². The Morgan fingerprint density at radius 3 is 2.73 bits per heavy atom. The molecule has 1 N–H and O–H groups in total. The summed E-state index contributed by atoms with van der Waals surface area (Å²) in [6, 6.07) is 10.1. The Bertz CT molecular complexity index is 923. The molecular weight excluding hydrogens is 364 g/mol. The van der Waals surface area contributed by atoms with Gasteiger partial charge in [-0.1, -0.05) is 62.1 Å². The first-order valence-corrected chi connectivity index (χ1v) is 10.3. The minimum atomic E-state index is -0.227. The standard InChI is InChI=1S/C19H22N4OS2/c1-5-15(17(24)21-19-23-22-18(26-19)11(2)3)25-16-10-12(4)13-8-6-7-9-14(13)20-16/h6-11,15H,5H2,1-4H3,(H,21,23,24). The van der Waals surface area contributed by atoms with Gasteiger partial charge in [0.1, 0.15) is 5.01 Å². The Balaban J connectivity index is 1.75. The number of amides is 1. The molecule has 3 aromatic rings. The smallest absolute Gasteiger partial charge is 0.239 e. The van der Waals surface area contributed by atoms with Gasteiger partial charge in [0.05, 0.1) is 15.8 Å². The fourth-order valence-electron chi connectivity index (χ4n) is 2.55. The number of anilines is 1. The third kappa shape index (κ3) is 4.22. The average molecular weight is 387 g/mol. The van der Waals surface area contributed by atoms with Gasteiger partial charge in [-0.2, -0.15) is 0 Å². The van der Waals surface area contributed by atoms with Gasteiger partial charge in [0, 0.05) is 11.3 Å². The summed E-state index contributed by atoms with van der Waals surface area (Å²) in [5.74, 6) is 0.246. The average Bonchev–Trinajstić information content (AvgIpc) is 3.08.